The maximum Gasteiger partial charge on any atom is 0.243 e. The Kier molecular flexibility index (Phi) is 7.47. The Morgan fingerprint density at radius 3 is 2.66 bits per heavy atom. The summed E-state index contributed by atoms with van der Waals surface area (Å²) in [5.74, 6) is 1.76. The number of anilines is 1. The molecule has 1 aliphatic rings. The predicted octanol–water partition coefficient (Wildman–Crippen LogP) is 4.89. The molecular weight excluding hydrogens is 526 g/mol. The van der Waals surface area contributed by atoms with Crippen molar-refractivity contribution in [1.82, 2.24) is 18.9 Å². The Morgan fingerprint density at radius 1 is 1.11 bits per heavy atom. The van der Waals surface area contributed by atoms with Crippen LogP contribution in [0.5, 0.6) is 11.5 Å². The van der Waals surface area contributed by atoms with Crippen LogP contribution in [0.1, 0.15) is 18.4 Å². The van der Waals surface area contributed by atoms with E-state index in [0.29, 0.717) is 36.2 Å². The highest BCUT2D eigenvalue weighted by Crippen LogP contribution is 2.33. The monoisotopic (exact) mass is 555 g/mol. The quantitative estimate of drug-likeness (QED) is 0.330. The van der Waals surface area contributed by atoms with Crippen LogP contribution in [0, 0.1) is 12.8 Å². The lowest BCUT2D eigenvalue weighted by molar-refractivity contribution is 0.275. The van der Waals surface area contributed by atoms with Gasteiger partial charge in [-0.3, -0.25) is 0 Å². The number of hydrogen-bond acceptors (Lipinski definition) is 7. The zero-order valence-electron chi connectivity index (χ0n) is 21.5. The molecule has 0 aliphatic carbocycles. The van der Waals surface area contributed by atoms with Gasteiger partial charge in [0.1, 0.15) is 5.82 Å². The van der Waals surface area contributed by atoms with Crippen LogP contribution in [-0.4, -0.2) is 61.2 Å². The van der Waals surface area contributed by atoms with Crippen LogP contribution in [0.4, 0.5) is 5.82 Å². The van der Waals surface area contributed by atoms with Gasteiger partial charge >= 0.3 is 0 Å². The van der Waals surface area contributed by atoms with E-state index in [-0.39, 0.29) is 10.8 Å². The zero-order chi connectivity index (χ0) is 26.9. The van der Waals surface area contributed by atoms with Gasteiger partial charge in [-0.15, -0.1) is 0 Å². The van der Waals surface area contributed by atoms with Crippen LogP contribution in [0.15, 0.2) is 59.6 Å². The van der Waals surface area contributed by atoms with Gasteiger partial charge in [0.15, 0.2) is 17.1 Å². The van der Waals surface area contributed by atoms with Crippen molar-refractivity contribution in [2.45, 2.75) is 24.7 Å². The second-order valence-corrected chi connectivity index (χ2v) is 11.7. The highest BCUT2D eigenvalue weighted by molar-refractivity contribution is 7.89. The van der Waals surface area contributed by atoms with E-state index in [9.17, 15) is 8.42 Å². The molecule has 2 aromatic carbocycles. The normalized spacial score (nSPS) is 16.5. The summed E-state index contributed by atoms with van der Waals surface area (Å²) in [6.07, 6.45) is 3.47. The van der Waals surface area contributed by atoms with Gasteiger partial charge in [-0.1, -0.05) is 29.8 Å². The van der Waals surface area contributed by atoms with E-state index in [1.807, 2.05) is 37.3 Å². The van der Waals surface area contributed by atoms with E-state index in [2.05, 4.69) is 10.4 Å². The summed E-state index contributed by atoms with van der Waals surface area (Å²) in [7, 11) is -0.675. The van der Waals surface area contributed by atoms with Gasteiger partial charge in [0.25, 0.3) is 0 Å². The number of sulfonamides is 1. The molecule has 5 rings (SSSR count). The summed E-state index contributed by atoms with van der Waals surface area (Å²) in [6.45, 7) is 3.43. The topological polar surface area (TPSA) is 98.1 Å². The minimum Gasteiger partial charge on any atom is -0.493 e. The SMILES string of the molecule is COc1ccc(S(=O)(=O)N2CCCC(CNc3cc(-c4ccccc4Cl)nc4c(C)cnn34)C2)cc1OC. The maximum atomic E-state index is 13.5. The molecule has 200 valence electrons. The highest BCUT2D eigenvalue weighted by Gasteiger charge is 2.31. The van der Waals surface area contributed by atoms with Crippen molar-refractivity contribution in [1.29, 1.82) is 0 Å². The number of halogens is 1. The van der Waals surface area contributed by atoms with Gasteiger partial charge in [0, 0.05) is 47.9 Å². The Hall–Kier alpha value is -3.34. The molecule has 38 heavy (non-hydrogen) atoms. The van der Waals surface area contributed by atoms with Crippen molar-refractivity contribution >= 4 is 33.1 Å². The molecule has 1 unspecified atom stereocenters. The summed E-state index contributed by atoms with van der Waals surface area (Å²) in [5, 5.41) is 8.62. The Labute approximate surface area is 227 Å². The molecule has 1 atom stereocenters. The average Bonchev–Trinajstić information content (AvgIpc) is 3.32. The number of aryl methyl sites for hydroxylation is 1. The van der Waals surface area contributed by atoms with Gasteiger partial charge in [0.2, 0.25) is 10.0 Å². The van der Waals surface area contributed by atoms with Crippen LogP contribution < -0.4 is 14.8 Å². The third-order valence-electron chi connectivity index (χ3n) is 6.84. The Bertz CT molecular complexity index is 1570. The standard InChI is InChI=1S/C27H30ClN5O4S/c1-18-15-30-33-26(14-23(31-27(18)33)21-8-4-5-9-22(21)28)29-16-19-7-6-12-32(17-19)38(34,35)20-10-11-24(36-2)25(13-20)37-3/h4-5,8-11,13-15,19,29H,6-7,12,16-17H2,1-3H3. The largest absolute Gasteiger partial charge is 0.493 e. The number of aromatic nitrogens is 3. The van der Waals surface area contributed by atoms with Crippen molar-refractivity contribution < 1.29 is 17.9 Å². The molecule has 3 heterocycles. The van der Waals surface area contributed by atoms with Gasteiger partial charge in [0.05, 0.1) is 31.0 Å². The van der Waals surface area contributed by atoms with Crippen LogP contribution in [0.3, 0.4) is 0 Å². The maximum absolute atomic E-state index is 13.5. The lowest BCUT2D eigenvalue weighted by Gasteiger charge is -2.32. The van der Waals surface area contributed by atoms with E-state index in [0.717, 1.165) is 41.1 Å². The molecule has 0 radical (unpaired) electrons. The number of methoxy groups -OCH3 is 2. The summed E-state index contributed by atoms with van der Waals surface area (Å²) in [6, 6.07) is 14.2. The average molecular weight is 556 g/mol. The molecule has 2 aromatic heterocycles. The zero-order valence-corrected chi connectivity index (χ0v) is 23.1. The lowest BCUT2D eigenvalue weighted by atomic mass is 10.00. The first kappa shape index (κ1) is 26.3. The molecule has 0 amide bonds. The number of benzene rings is 2. The fourth-order valence-electron chi connectivity index (χ4n) is 4.79. The predicted molar refractivity (Wildman–Crippen MR) is 148 cm³/mol. The number of ether oxygens (including phenoxy) is 2. The summed E-state index contributed by atoms with van der Waals surface area (Å²) in [4.78, 5) is 4.99. The fraction of sp³-hybridized carbons (Fsp3) is 0.333. The number of nitrogens with one attached hydrogen (secondary N) is 1. The molecule has 1 aliphatic heterocycles. The van der Waals surface area contributed by atoms with E-state index < -0.39 is 10.0 Å². The Balaban J connectivity index is 1.36. The van der Waals surface area contributed by atoms with Crippen LogP contribution in [-0.2, 0) is 10.0 Å². The molecule has 1 N–H and O–H groups in total. The minimum atomic E-state index is -3.69. The number of fused-ring (bicyclic) bond motifs is 1. The number of hydrogen-bond donors (Lipinski definition) is 1. The summed E-state index contributed by atoms with van der Waals surface area (Å²) >= 11 is 6.46. The highest BCUT2D eigenvalue weighted by atomic mass is 35.5. The second-order valence-electron chi connectivity index (χ2n) is 9.34. The van der Waals surface area contributed by atoms with Crippen molar-refractivity contribution in [3.8, 4) is 22.8 Å². The minimum absolute atomic E-state index is 0.113. The first-order valence-electron chi connectivity index (χ1n) is 12.4. The van der Waals surface area contributed by atoms with E-state index in [1.54, 1.807) is 27.2 Å². The third kappa shape index (κ3) is 5.03. The molecule has 4 aromatic rings. The van der Waals surface area contributed by atoms with E-state index in [1.165, 1.54) is 20.3 Å². The third-order valence-corrected chi connectivity index (χ3v) is 9.04. The second kappa shape index (κ2) is 10.8. The molecule has 1 saturated heterocycles. The molecule has 0 spiro atoms. The van der Waals surface area contributed by atoms with Crippen molar-refractivity contribution in [3.05, 3.63) is 65.3 Å². The number of rotatable bonds is 8. The van der Waals surface area contributed by atoms with Crippen LogP contribution in [0.25, 0.3) is 16.9 Å². The molecular formula is C27H30ClN5O4S. The smallest absolute Gasteiger partial charge is 0.243 e. The van der Waals surface area contributed by atoms with Crippen LogP contribution in [0.2, 0.25) is 5.02 Å². The van der Waals surface area contributed by atoms with E-state index >= 15 is 0 Å². The van der Waals surface area contributed by atoms with Gasteiger partial charge in [-0.25, -0.2) is 13.4 Å². The fourth-order valence-corrected chi connectivity index (χ4v) is 6.60. The first-order chi connectivity index (χ1) is 18.3. The molecule has 0 bridgehead atoms. The Morgan fingerprint density at radius 2 is 1.89 bits per heavy atom. The van der Waals surface area contributed by atoms with E-state index in [4.69, 9.17) is 26.1 Å². The molecule has 9 nitrogen and oxygen atoms in total. The number of nitrogens with zero attached hydrogens (tertiary/aromatic N) is 4. The molecule has 1 fully saturated rings. The molecule has 0 saturated carbocycles. The van der Waals surface area contributed by atoms with Gasteiger partial charge in [-0.2, -0.15) is 13.9 Å². The van der Waals surface area contributed by atoms with Gasteiger partial charge in [-0.05, 0) is 43.9 Å². The molecule has 11 heteroatoms. The first-order valence-corrected chi connectivity index (χ1v) is 14.2. The van der Waals surface area contributed by atoms with Crippen LogP contribution >= 0.6 is 11.6 Å². The number of piperidine rings is 1. The summed E-state index contributed by atoms with van der Waals surface area (Å²) in [5.41, 5.74) is 3.28. The van der Waals surface area contributed by atoms with Crippen molar-refractivity contribution in [2.75, 3.05) is 39.2 Å². The van der Waals surface area contributed by atoms with Crippen molar-refractivity contribution in [3.63, 3.8) is 0 Å². The summed E-state index contributed by atoms with van der Waals surface area (Å²) < 4.78 is 40.8. The lowest BCUT2D eigenvalue weighted by Crippen LogP contribution is -2.41. The van der Waals surface area contributed by atoms with Crippen molar-refractivity contribution in [2.24, 2.45) is 5.92 Å². The van der Waals surface area contributed by atoms with Gasteiger partial charge < -0.3 is 14.8 Å².